The van der Waals surface area contributed by atoms with Crippen LogP contribution in [0.4, 0.5) is 0 Å². The van der Waals surface area contributed by atoms with E-state index in [1.165, 1.54) is 0 Å². The molecule has 24 valence electrons. The van der Waals surface area contributed by atoms with Crippen LogP contribution in [-0.2, 0) is 0 Å². The Balaban J connectivity index is 0. The molecule has 0 aromatic rings. The summed E-state index contributed by atoms with van der Waals surface area (Å²) in [6.07, 6.45) is 0. The first kappa shape index (κ1) is 8.83. The summed E-state index contributed by atoms with van der Waals surface area (Å²) in [6, 6.07) is 0. The average molecular weight is 254 g/mol. The maximum atomic E-state index is 7.08. The van der Waals surface area contributed by atoms with Gasteiger partial charge in [0.1, 0.15) is 0 Å². The molecule has 3 heteroatoms. The Labute approximate surface area is 44.7 Å². The Bertz CT molecular complexity index is 15.5. The van der Waals surface area contributed by atoms with Crippen molar-refractivity contribution < 1.29 is 5.21 Å². The molecular weight excluding hydrogens is 249 g/mol. The molecule has 0 bridgehead atoms. The van der Waals surface area contributed by atoms with E-state index in [0.29, 0.717) is 0 Å². The molecule has 4 heavy (non-hydrogen) atoms. The van der Waals surface area contributed by atoms with Crippen molar-refractivity contribution in [2.75, 3.05) is 0 Å². The molecule has 0 amide bonds. The molecule has 1 N–H and O–H groups in total. The second kappa shape index (κ2) is 10.0. The molecule has 0 aliphatic heterocycles. The zero-order chi connectivity index (χ0) is 2.71. The third-order valence-corrected chi connectivity index (χ3v) is 0. The van der Waals surface area contributed by atoms with Crippen LogP contribution in [0.5, 0.6) is 0 Å². The Morgan fingerprint density at radius 2 is 1.75 bits per heavy atom. The molecule has 2 radical (unpaired) electrons. The van der Waals surface area contributed by atoms with E-state index < -0.39 is 0 Å². The molecule has 0 heterocycles. The molecular formula is CH5NOPb. The predicted octanol–water partition coefficient (Wildman–Crippen LogP) is -0.840. The van der Waals surface area contributed by atoms with Gasteiger partial charge in [-0.1, -0.05) is 0 Å². The fraction of sp³-hybridized carbons (Fsp3) is 0. The quantitative estimate of drug-likeness (QED) is 0.260. The molecule has 0 aliphatic carbocycles. The summed E-state index contributed by atoms with van der Waals surface area (Å²) in [7, 11) is 0. The molecule has 0 rings (SSSR count). The molecule has 0 aliphatic rings. The van der Waals surface area contributed by atoms with Crippen LogP contribution in [0.25, 0.3) is 0 Å². The predicted molar refractivity (Wildman–Crippen MR) is 19.9 cm³/mol. The van der Waals surface area contributed by atoms with Gasteiger partial charge >= 0.3 is 27.3 Å². The van der Waals surface area contributed by atoms with Gasteiger partial charge < -0.3 is 5.21 Å². The van der Waals surface area contributed by atoms with Crippen molar-refractivity contribution >= 4 is 34.0 Å². The summed E-state index contributed by atoms with van der Waals surface area (Å²) >= 11 is 0. The first-order chi connectivity index (χ1) is 1.41. The Morgan fingerprint density at radius 3 is 1.75 bits per heavy atom. The van der Waals surface area contributed by atoms with E-state index in [1.54, 1.807) is 0 Å². The van der Waals surface area contributed by atoms with Crippen molar-refractivity contribution in [2.24, 2.45) is 5.16 Å². The zero-order valence-corrected chi connectivity index (χ0v) is 7.81. The molecule has 0 saturated heterocycles. The minimum absolute atomic E-state index is 0. The molecule has 0 atom stereocenters. The Morgan fingerprint density at radius 1 is 1.75 bits per heavy atom. The summed E-state index contributed by atoms with van der Waals surface area (Å²) < 4.78 is 0. The topological polar surface area (TPSA) is 32.6 Å². The van der Waals surface area contributed by atoms with Crippen molar-refractivity contribution in [1.82, 2.24) is 0 Å². The fourth-order valence-electron chi connectivity index (χ4n) is 0. The van der Waals surface area contributed by atoms with Crippen molar-refractivity contribution in [1.29, 1.82) is 0 Å². The summed E-state index contributed by atoms with van der Waals surface area (Å²) in [4.78, 5) is 0. The minimum atomic E-state index is 0. The summed E-state index contributed by atoms with van der Waals surface area (Å²) in [5.41, 5.74) is 0. The van der Waals surface area contributed by atoms with Crippen LogP contribution >= 0.6 is 0 Å². The van der Waals surface area contributed by atoms with Gasteiger partial charge in [0, 0.05) is 6.72 Å². The van der Waals surface area contributed by atoms with Crippen LogP contribution < -0.4 is 0 Å². The molecule has 0 unspecified atom stereocenters. The van der Waals surface area contributed by atoms with E-state index in [-0.39, 0.29) is 27.3 Å². The fourth-order valence-corrected chi connectivity index (χ4v) is 0. The van der Waals surface area contributed by atoms with Crippen LogP contribution in [0.1, 0.15) is 0 Å². The molecule has 0 spiro atoms. The third kappa shape index (κ3) is 30.2. The maximum absolute atomic E-state index is 7.08. The molecule has 2 nitrogen and oxygen atoms in total. The van der Waals surface area contributed by atoms with Gasteiger partial charge in [0.15, 0.2) is 0 Å². The van der Waals surface area contributed by atoms with E-state index in [1.807, 2.05) is 0 Å². The van der Waals surface area contributed by atoms with Gasteiger partial charge in [-0.3, -0.25) is 0 Å². The summed E-state index contributed by atoms with van der Waals surface area (Å²) in [5, 5.41) is 9.33. The Hall–Kier alpha value is 0.392. The van der Waals surface area contributed by atoms with Gasteiger partial charge in [-0.2, -0.15) is 0 Å². The third-order valence-electron chi connectivity index (χ3n) is 0. The normalized spacial score (nSPS) is 3.00. The van der Waals surface area contributed by atoms with Crippen LogP contribution in [0, 0.1) is 0 Å². The van der Waals surface area contributed by atoms with Gasteiger partial charge in [0.05, 0.1) is 0 Å². The van der Waals surface area contributed by atoms with Gasteiger partial charge in [-0.15, -0.1) is 5.16 Å². The van der Waals surface area contributed by atoms with E-state index in [0.717, 1.165) is 0 Å². The molecule has 0 fully saturated rings. The summed E-state index contributed by atoms with van der Waals surface area (Å²) in [6.45, 7) is 2.67. The van der Waals surface area contributed by atoms with Crippen molar-refractivity contribution in [3.8, 4) is 0 Å². The van der Waals surface area contributed by atoms with Crippen LogP contribution in [0.2, 0.25) is 0 Å². The van der Waals surface area contributed by atoms with E-state index in [4.69, 9.17) is 5.21 Å². The second-order valence-corrected chi connectivity index (χ2v) is 0.141. The van der Waals surface area contributed by atoms with E-state index in [9.17, 15) is 0 Å². The molecule has 0 aromatic heterocycles. The van der Waals surface area contributed by atoms with Crippen molar-refractivity contribution in [3.05, 3.63) is 0 Å². The van der Waals surface area contributed by atoms with Crippen LogP contribution in [0.3, 0.4) is 0 Å². The van der Waals surface area contributed by atoms with Gasteiger partial charge in [-0.05, 0) is 0 Å². The SMILES string of the molecule is C=NO.[PbH2]. The number of nitrogens with zero attached hydrogens (tertiary/aromatic N) is 1. The van der Waals surface area contributed by atoms with Crippen LogP contribution in [-0.4, -0.2) is 39.2 Å². The van der Waals surface area contributed by atoms with Gasteiger partial charge in [0.25, 0.3) is 0 Å². The number of oxime groups is 1. The number of hydrogen-bond acceptors (Lipinski definition) is 2. The Kier molecular flexibility index (Phi) is 22.1. The van der Waals surface area contributed by atoms with Crippen LogP contribution in [0.15, 0.2) is 5.16 Å². The van der Waals surface area contributed by atoms with E-state index in [2.05, 4.69) is 11.9 Å². The first-order valence-electron chi connectivity index (χ1n) is 0.516. The van der Waals surface area contributed by atoms with Gasteiger partial charge in [-0.25, -0.2) is 0 Å². The average Bonchev–Trinajstić information content (AvgIpc) is 0.918. The zero-order valence-electron chi connectivity index (χ0n) is 2.31. The summed E-state index contributed by atoms with van der Waals surface area (Å²) in [5.74, 6) is 0. The monoisotopic (exact) mass is 255 g/mol. The molecule has 0 saturated carbocycles. The first-order valence-corrected chi connectivity index (χ1v) is 0.516. The standard InChI is InChI=1S/CH3NO.Pb.2H/c1-2-3;;;/h3H,1H2;;;. The van der Waals surface area contributed by atoms with E-state index >= 15 is 0 Å². The molecule has 0 aromatic carbocycles. The number of hydrogen-bond donors (Lipinski definition) is 1. The van der Waals surface area contributed by atoms with Gasteiger partial charge in [0.2, 0.25) is 0 Å². The van der Waals surface area contributed by atoms with Crippen molar-refractivity contribution in [3.63, 3.8) is 0 Å². The number of rotatable bonds is 0. The van der Waals surface area contributed by atoms with Crippen molar-refractivity contribution in [2.45, 2.75) is 0 Å². The second-order valence-electron chi connectivity index (χ2n) is 0.141.